The second-order valence-corrected chi connectivity index (χ2v) is 11.4. The zero-order valence-corrected chi connectivity index (χ0v) is 22.0. The number of aromatic nitrogens is 2. The van der Waals surface area contributed by atoms with E-state index in [9.17, 15) is 9.59 Å². The minimum Gasteiger partial charge on any atom is -0.302 e. The second-order valence-electron chi connectivity index (χ2n) is 6.35. The van der Waals surface area contributed by atoms with Crippen molar-refractivity contribution in [3.63, 3.8) is 0 Å². The summed E-state index contributed by atoms with van der Waals surface area (Å²) in [7, 11) is 0. The number of hydrogen-bond donors (Lipinski definition) is 2. The van der Waals surface area contributed by atoms with Crippen LogP contribution in [0.3, 0.4) is 0 Å². The van der Waals surface area contributed by atoms with Crippen LogP contribution in [-0.4, -0.2) is 21.8 Å². The van der Waals surface area contributed by atoms with Gasteiger partial charge in [0.15, 0.2) is 10.3 Å². The van der Waals surface area contributed by atoms with Crippen molar-refractivity contribution >= 4 is 83.4 Å². The van der Waals surface area contributed by atoms with Gasteiger partial charge in [-0.05, 0) is 58.1 Å². The number of thiazole rings is 2. The number of thiophene rings is 2. The Morgan fingerprint density at radius 2 is 1.48 bits per heavy atom. The van der Waals surface area contributed by atoms with Crippen molar-refractivity contribution in [2.24, 2.45) is 0 Å². The van der Waals surface area contributed by atoms with Crippen LogP contribution in [0, 0.1) is 13.8 Å². The standard InChI is InChI=1S/C10H9BrN2OS2.C10H10N2OS2/c1-5-8(7-3-4-15-9(7)11)16-10(12-5)13-6(2)14;1-6-9(8-3-4-14-5-8)15-10(11-6)12-7(2)13/h3-4H,1-2H3,(H,12,13,14);3-5H,1-2H3,(H,11,12,13). The summed E-state index contributed by atoms with van der Waals surface area (Å²) in [5.74, 6) is -0.176. The monoisotopic (exact) mass is 554 g/mol. The highest BCUT2D eigenvalue weighted by Crippen LogP contribution is 2.39. The molecule has 0 spiro atoms. The number of carbonyl (C=O) groups is 2. The number of rotatable bonds is 4. The molecule has 2 amide bonds. The van der Waals surface area contributed by atoms with Gasteiger partial charge in [-0.25, -0.2) is 9.97 Å². The molecule has 2 N–H and O–H groups in total. The number of hydrogen-bond acceptors (Lipinski definition) is 8. The van der Waals surface area contributed by atoms with Gasteiger partial charge in [0, 0.05) is 25.0 Å². The van der Waals surface area contributed by atoms with E-state index in [4.69, 9.17) is 0 Å². The summed E-state index contributed by atoms with van der Waals surface area (Å²) in [4.78, 5) is 32.6. The molecule has 4 rings (SSSR count). The molecule has 0 atom stereocenters. The Bertz CT molecular complexity index is 1190. The Balaban J connectivity index is 0.000000176. The molecular weight excluding hydrogens is 536 g/mol. The molecule has 162 valence electrons. The maximum Gasteiger partial charge on any atom is 0.223 e. The van der Waals surface area contributed by atoms with Crippen LogP contribution in [0.15, 0.2) is 32.1 Å². The third-order valence-corrected chi connectivity index (χ3v) is 8.40. The number of nitrogens with one attached hydrogen (secondary N) is 2. The molecule has 4 aromatic heterocycles. The van der Waals surface area contributed by atoms with Crippen LogP contribution >= 0.6 is 61.3 Å². The molecular formula is C20H19BrN4O2S4. The first-order chi connectivity index (χ1) is 14.7. The lowest BCUT2D eigenvalue weighted by atomic mass is 10.2. The van der Waals surface area contributed by atoms with E-state index < -0.39 is 0 Å². The molecule has 0 fully saturated rings. The molecule has 0 saturated heterocycles. The molecule has 4 heterocycles. The number of nitrogens with zero attached hydrogens (tertiary/aromatic N) is 2. The summed E-state index contributed by atoms with van der Waals surface area (Å²) < 4.78 is 1.09. The summed E-state index contributed by atoms with van der Waals surface area (Å²) in [6.45, 7) is 6.87. The maximum atomic E-state index is 10.9. The largest absolute Gasteiger partial charge is 0.302 e. The van der Waals surface area contributed by atoms with Crippen LogP contribution in [0.2, 0.25) is 0 Å². The van der Waals surface area contributed by atoms with Gasteiger partial charge >= 0.3 is 0 Å². The van der Waals surface area contributed by atoms with Gasteiger partial charge in [0.05, 0.1) is 24.9 Å². The Kier molecular flexibility index (Phi) is 8.11. The van der Waals surface area contributed by atoms with Gasteiger partial charge in [0.25, 0.3) is 0 Å². The van der Waals surface area contributed by atoms with E-state index in [0.717, 1.165) is 30.5 Å². The first-order valence-corrected chi connectivity index (χ1v) is 13.3. The topological polar surface area (TPSA) is 84.0 Å². The van der Waals surface area contributed by atoms with E-state index in [1.54, 1.807) is 22.7 Å². The summed E-state index contributed by atoms with van der Waals surface area (Å²) in [5, 5.41) is 12.9. The zero-order valence-electron chi connectivity index (χ0n) is 17.1. The van der Waals surface area contributed by atoms with Gasteiger partial charge in [-0.1, -0.05) is 22.7 Å². The summed E-state index contributed by atoms with van der Waals surface area (Å²) in [6.07, 6.45) is 0. The molecule has 11 heteroatoms. The third kappa shape index (κ3) is 6.30. The van der Waals surface area contributed by atoms with Crippen LogP contribution in [0.1, 0.15) is 25.2 Å². The minimum atomic E-state index is -0.0929. The highest BCUT2D eigenvalue weighted by Gasteiger charge is 2.13. The number of carbonyl (C=O) groups excluding carboxylic acids is 2. The number of amides is 2. The van der Waals surface area contributed by atoms with Crippen LogP contribution < -0.4 is 10.6 Å². The van der Waals surface area contributed by atoms with Crippen molar-refractivity contribution in [2.75, 3.05) is 10.6 Å². The van der Waals surface area contributed by atoms with Crippen molar-refractivity contribution in [1.82, 2.24) is 9.97 Å². The molecule has 0 radical (unpaired) electrons. The van der Waals surface area contributed by atoms with Crippen LogP contribution in [0.5, 0.6) is 0 Å². The van der Waals surface area contributed by atoms with E-state index >= 15 is 0 Å². The minimum absolute atomic E-state index is 0.0828. The molecule has 0 aromatic carbocycles. The Labute approximate surface area is 204 Å². The highest BCUT2D eigenvalue weighted by molar-refractivity contribution is 9.11. The van der Waals surface area contributed by atoms with Gasteiger partial charge in [-0.15, -0.1) is 11.3 Å². The maximum absolute atomic E-state index is 10.9. The predicted molar refractivity (Wildman–Crippen MR) is 137 cm³/mol. The van der Waals surface area contributed by atoms with Crippen molar-refractivity contribution in [3.8, 4) is 20.9 Å². The Morgan fingerprint density at radius 3 is 1.97 bits per heavy atom. The van der Waals surface area contributed by atoms with E-state index in [2.05, 4.69) is 48.0 Å². The third-order valence-electron chi connectivity index (χ3n) is 3.81. The SMILES string of the molecule is CC(=O)Nc1nc(C)c(-c2ccsc2)s1.CC(=O)Nc1nc(C)c(-c2ccsc2Br)s1. The van der Waals surface area contributed by atoms with Crippen LogP contribution in [0.25, 0.3) is 20.9 Å². The second kappa shape index (κ2) is 10.6. The molecule has 4 aromatic rings. The van der Waals surface area contributed by atoms with Gasteiger partial charge in [-0.3, -0.25) is 9.59 Å². The number of halogens is 1. The fraction of sp³-hybridized carbons (Fsp3) is 0.200. The molecule has 6 nitrogen and oxygen atoms in total. The van der Waals surface area contributed by atoms with Gasteiger partial charge in [0.1, 0.15) is 0 Å². The number of anilines is 2. The fourth-order valence-electron chi connectivity index (χ4n) is 2.57. The van der Waals surface area contributed by atoms with Gasteiger partial charge in [0.2, 0.25) is 11.8 Å². The average Bonchev–Trinajstić information content (AvgIpc) is 3.44. The van der Waals surface area contributed by atoms with E-state index in [1.807, 2.05) is 30.7 Å². The van der Waals surface area contributed by atoms with Crippen molar-refractivity contribution in [3.05, 3.63) is 43.4 Å². The molecule has 0 aliphatic carbocycles. The van der Waals surface area contributed by atoms with Gasteiger partial charge in [-0.2, -0.15) is 11.3 Å². The van der Waals surface area contributed by atoms with Crippen molar-refractivity contribution in [2.45, 2.75) is 27.7 Å². The smallest absolute Gasteiger partial charge is 0.223 e. The van der Waals surface area contributed by atoms with Gasteiger partial charge < -0.3 is 10.6 Å². The lowest BCUT2D eigenvalue weighted by Gasteiger charge is -1.94. The summed E-state index contributed by atoms with van der Waals surface area (Å²) in [6, 6.07) is 4.11. The first-order valence-electron chi connectivity index (χ1n) is 9.00. The van der Waals surface area contributed by atoms with Crippen LogP contribution in [-0.2, 0) is 9.59 Å². The molecule has 0 saturated carbocycles. The lowest BCUT2D eigenvalue weighted by molar-refractivity contribution is -0.115. The normalized spacial score (nSPS) is 10.4. The number of aryl methyl sites for hydroxylation is 2. The lowest BCUT2D eigenvalue weighted by Crippen LogP contribution is -2.04. The quantitative estimate of drug-likeness (QED) is 0.283. The first kappa shape index (κ1) is 23.7. The van der Waals surface area contributed by atoms with Crippen molar-refractivity contribution in [1.29, 1.82) is 0 Å². The Morgan fingerprint density at radius 1 is 0.903 bits per heavy atom. The van der Waals surface area contributed by atoms with E-state index in [1.165, 1.54) is 42.1 Å². The summed E-state index contributed by atoms with van der Waals surface area (Å²) in [5.41, 5.74) is 4.21. The Hall–Kier alpha value is -1.92. The zero-order chi connectivity index (χ0) is 22.5. The van der Waals surface area contributed by atoms with E-state index in [-0.39, 0.29) is 11.8 Å². The molecule has 0 aliphatic heterocycles. The molecule has 0 bridgehead atoms. The molecule has 0 unspecified atom stereocenters. The highest BCUT2D eigenvalue weighted by atomic mass is 79.9. The summed E-state index contributed by atoms with van der Waals surface area (Å²) >= 11 is 9.81. The van der Waals surface area contributed by atoms with Crippen molar-refractivity contribution < 1.29 is 9.59 Å². The molecule has 31 heavy (non-hydrogen) atoms. The fourth-order valence-corrected chi connectivity index (χ4v) is 6.81. The predicted octanol–water partition coefficient (Wildman–Crippen LogP) is 7.04. The molecule has 0 aliphatic rings. The van der Waals surface area contributed by atoms with Crippen LogP contribution in [0.4, 0.5) is 10.3 Å². The average molecular weight is 556 g/mol. The van der Waals surface area contributed by atoms with E-state index in [0.29, 0.717) is 10.3 Å².